The van der Waals surface area contributed by atoms with Crippen LogP contribution in [-0.4, -0.2) is 79.1 Å². The number of halogens is 2. The SMILES string of the molecule is CC1(C)CCC(CN2CC=C(c3ccc(C(=O)NS(=O)(=O)c4ccc(OCC5(F)CCNCC5)c([N+](=O)[O-])c4)c(Oc4cnc5[nH]ccc5c4)c3)CC2)=C(c2ccc(Cl)cc2)C1. The summed E-state index contributed by atoms with van der Waals surface area (Å²) >= 11 is 6.23. The zero-order valence-electron chi connectivity index (χ0n) is 34.5. The molecule has 0 bridgehead atoms. The number of rotatable bonds is 13. The molecule has 3 aromatic carbocycles. The van der Waals surface area contributed by atoms with Gasteiger partial charge in [-0.1, -0.05) is 55.3 Å². The Morgan fingerprint density at radius 1 is 1.00 bits per heavy atom. The van der Waals surface area contributed by atoms with Gasteiger partial charge in [0.25, 0.3) is 15.9 Å². The molecule has 0 unspecified atom stereocenters. The van der Waals surface area contributed by atoms with E-state index in [1.165, 1.54) is 29.0 Å². The number of benzene rings is 3. The highest BCUT2D eigenvalue weighted by molar-refractivity contribution is 7.90. The number of nitro groups is 1. The molecule has 5 aromatic rings. The van der Waals surface area contributed by atoms with Crippen LogP contribution in [0.3, 0.4) is 0 Å². The highest BCUT2D eigenvalue weighted by Gasteiger charge is 2.34. The van der Waals surface area contributed by atoms with Gasteiger partial charge in [0, 0.05) is 42.3 Å². The van der Waals surface area contributed by atoms with Crippen LogP contribution in [0.5, 0.6) is 17.2 Å². The van der Waals surface area contributed by atoms with Crippen LogP contribution in [0.25, 0.3) is 22.2 Å². The number of piperidine rings is 1. The van der Waals surface area contributed by atoms with Crippen molar-refractivity contribution in [3.05, 3.63) is 129 Å². The van der Waals surface area contributed by atoms with E-state index in [0.29, 0.717) is 36.1 Å². The molecule has 1 fully saturated rings. The summed E-state index contributed by atoms with van der Waals surface area (Å²) < 4.78 is 56.3. The number of carbonyl (C=O) groups is 1. The van der Waals surface area contributed by atoms with Gasteiger partial charge in [-0.05, 0) is 128 Å². The van der Waals surface area contributed by atoms with Crippen LogP contribution in [0.2, 0.25) is 5.02 Å². The highest BCUT2D eigenvalue weighted by Crippen LogP contribution is 2.44. The molecule has 0 atom stereocenters. The van der Waals surface area contributed by atoms with Crippen LogP contribution < -0.4 is 19.5 Å². The molecule has 0 saturated carbocycles. The fourth-order valence-electron chi connectivity index (χ4n) is 8.34. The van der Waals surface area contributed by atoms with Crippen LogP contribution in [0.1, 0.15) is 73.9 Å². The monoisotopic (exact) mass is 882 g/mol. The largest absolute Gasteiger partial charge is 0.483 e. The Balaban J connectivity index is 1.03. The standard InChI is InChI=1S/C46H48ClFN6O7S/c1-45(2)15-11-34(39(26-45)31-3-6-35(47)7-4-31)28-53-21-13-30(14-22-53)32-5-9-38(42(24-32)61-36-23-33-12-18-50-43(33)51-27-36)44(55)52-62(58,59)37-8-10-41(40(25-37)54(56)57)60-29-46(48)16-19-49-20-17-46/h3-10,12-13,18,23-25,27,49H,11,14-17,19-22,26,28-29H2,1-2H3,(H,50,51)(H,52,55). The first-order chi connectivity index (χ1) is 29.6. The summed E-state index contributed by atoms with van der Waals surface area (Å²) in [6, 6.07) is 19.6. The molecule has 1 amide bonds. The highest BCUT2D eigenvalue weighted by atomic mass is 35.5. The maximum absolute atomic E-state index is 15.2. The van der Waals surface area contributed by atoms with E-state index in [9.17, 15) is 23.3 Å². The molecule has 3 N–H and O–H groups in total. The van der Waals surface area contributed by atoms with Crippen molar-refractivity contribution < 1.29 is 32.0 Å². The number of aromatic amines is 1. The number of pyridine rings is 1. The summed E-state index contributed by atoms with van der Waals surface area (Å²) in [5.41, 5.74) is 4.30. The number of hydrogen-bond donors (Lipinski definition) is 3. The number of fused-ring (bicyclic) bond motifs is 1. The van der Waals surface area contributed by atoms with Crippen molar-refractivity contribution >= 4 is 55.4 Å². The van der Waals surface area contributed by atoms with Crippen molar-refractivity contribution in [3.8, 4) is 17.2 Å². The number of nitro benzene ring substituents is 1. The number of allylic oxidation sites excluding steroid dienone is 1. The summed E-state index contributed by atoms with van der Waals surface area (Å²) in [5, 5.41) is 16.6. The number of amides is 1. The third-order valence-corrected chi connectivity index (χ3v) is 13.5. The lowest BCUT2D eigenvalue weighted by molar-refractivity contribution is -0.386. The number of alkyl halides is 1. The summed E-state index contributed by atoms with van der Waals surface area (Å²) in [6.45, 7) is 7.46. The number of aromatic nitrogens is 2. The maximum atomic E-state index is 15.2. The predicted molar refractivity (Wildman–Crippen MR) is 237 cm³/mol. The quantitative estimate of drug-likeness (QED) is 0.0766. The first-order valence-electron chi connectivity index (χ1n) is 20.7. The average molecular weight is 883 g/mol. The molecule has 0 spiro atoms. The van der Waals surface area contributed by atoms with Gasteiger partial charge < -0.3 is 19.8 Å². The molecular formula is C46H48ClFN6O7S. The third-order valence-electron chi connectivity index (χ3n) is 11.9. The Bertz CT molecular complexity index is 2690. The van der Waals surface area contributed by atoms with Crippen molar-refractivity contribution in [2.75, 3.05) is 39.3 Å². The van der Waals surface area contributed by atoms with E-state index in [1.54, 1.807) is 24.4 Å². The van der Waals surface area contributed by atoms with Gasteiger partial charge in [-0.2, -0.15) is 0 Å². The van der Waals surface area contributed by atoms with Crippen molar-refractivity contribution in [2.24, 2.45) is 5.41 Å². The van der Waals surface area contributed by atoms with Crippen LogP contribution in [0.4, 0.5) is 10.1 Å². The maximum Gasteiger partial charge on any atom is 0.312 e. The Hall–Kier alpha value is -5.61. The van der Waals surface area contributed by atoms with E-state index in [1.807, 2.05) is 18.2 Å². The fourth-order valence-corrected chi connectivity index (χ4v) is 9.45. The molecule has 16 heteroatoms. The summed E-state index contributed by atoms with van der Waals surface area (Å²) in [6.07, 6.45) is 9.63. The minimum Gasteiger partial charge on any atom is -0.483 e. The van der Waals surface area contributed by atoms with Gasteiger partial charge in [-0.25, -0.2) is 22.5 Å². The second-order valence-corrected chi connectivity index (χ2v) is 19.2. The lowest BCUT2D eigenvalue weighted by Gasteiger charge is -2.36. The van der Waals surface area contributed by atoms with E-state index in [4.69, 9.17) is 21.1 Å². The van der Waals surface area contributed by atoms with Crippen LogP contribution in [-0.2, 0) is 10.0 Å². The fraction of sp³-hybridized carbons (Fsp3) is 0.348. The summed E-state index contributed by atoms with van der Waals surface area (Å²) in [4.78, 5) is 34.4. The van der Waals surface area contributed by atoms with Gasteiger partial charge in [0.05, 0.1) is 21.6 Å². The van der Waals surface area contributed by atoms with Gasteiger partial charge in [0.2, 0.25) is 0 Å². The number of nitrogens with zero attached hydrogens (tertiary/aromatic N) is 3. The first kappa shape index (κ1) is 43.1. The Labute approximate surface area is 364 Å². The van der Waals surface area contributed by atoms with Gasteiger partial charge in [-0.3, -0.25) is 19.8 Å². The topological polar surface area (TPSA) is 169 Å². The van der Waals surface area contributed by atoms with Crippen LogP contribution in [0, 0.1) is 15.5 Å². The number of H-pyrrole nitrogens is 1. The van der Waals surface area contributed by atoms with Crippen molar-refractivity contribution in [1.82, 2.24) is 24.9 Å². The summed E-state index contributed by atoms with van der Waals surface area (Å²) in [5.74, 6) is -0.889. The minimum absolute atomic E-state index is 0.0870. The van der Waals surface area contributed by atoms with E-state index in [0.717, 1.165) is 73.5 Å². The molecule has 0 radical (unpaired) electrons. The summed E-state index contributed by atoms with van der Waals surface area (Å²) in [7, 11) is -4.66. The number of nitrogens with one attached hydrogen (secondary N) is 3. The molecule has 1 saturated heterocycles. The van der Waals surface area contributed by atoms with Gasteiger partial charge in [0.1, 0.15) is 29.4 Å². The second-order valence-electron chi connectivity index (χ2n) is 17.1. The first-order valence-corrected chi connectivity index (χ1v) is 22.5. The van der Waals surface area contributed by atoms with E-state index in [-0.39, 0.29) is 35.3 Å². The smallest absolute Gasteiger partial charge is 0.312 e. The normalized spacial score (nSPS) is 18.0. The van der Waals surface area contributed by atoms with Crippen LogP contribution >= 0.6 is 11.6 Å². The number of hydrogen-bond acceptors (Lipinski definition) is 10. The van der Waals surface area contributed by atoms with E-state index >= 15 is 4.39 Å². The predicted octanol–water partition coefficient (Wildman–Crippen LogP) is 9.26. The zero-order valence-corrected chi connectivity index (χ0v) is 36.1. The lowest BCUT2D eigenvalue weighted by atomic mass is 9.72. The van der Waals surface area contributed by atoms with Crippen LogP contribution in [0.15, 0.2) is 102 Å². The average Bonchev–Trinajstić information content (AvgIpc) is 3.72. The van der Waals surface area contributed by atoms with Crippen molar-refractivity contribution in [1.29, 1.82) is 0 Å². The molecule has 2 aliphatic heterocycles. The molecule has 324 valence electrons. The minimum atomic E-state index is -4.66. The van der Waals surface area contributed by atoms with Gasteiger partial charge in [-0.15, -0.1) is 0 Å². The lowest BCUT2D eigenvalue weighted by Crippen LogP contribution is -2.42. The molecule has 8 rings (SSSR count). The second kappa shape index (κ2) is 17.6. The zero-order chi connectivity index (χ0) is 43.6. The molecule has 3 aliphatic rings. The molecule has 13 nitrogen and oxygen atoms in total. The Kier molecular flexibility index (Phi) is 12.2. The molecular weight excluding hydrogens is 835 g/mol. The van der Waals surface area contributed by atoms with Crippen molar-refractivity contribution in [3.63, 3.8) is 0 Å². The van der Waals surface area contributed by atoms with Gasteiger partial charge in [0.15, 0.2) is 5.75 Å². The number of carbonyl (C=O) groups excluding carboxylic acids is 1. The number of sulfonamides is 1. The Morgan fingerprint density at radius 2 is 1.77 bits per heavy atom. The Morgan fingerprint density at radius 3 is 2.52 bits per heavy atom. The van der Waals surface area contributed by atoms with Gasteiger partial charge >= 0.3 is 5.69 Å². The third kappa shape index (κ3) is 9.86. The molecule has 4 heterocycles. The number of ether oxygens (including phenoxy) is 2. The molecule has 62 heavy (non-hydrogen) atoms. The molecule has 1 aliphatic carbocycles. The van der Waals surface area contributed by atoms with E-state index < -0.39 is 43.7 Å². The van der Waals surface area contributed by atoms with Crippen molar-refractivity contribution in [2.45, 2.75) is 62.9 Å². The molecule has 2 aromatic heterocycles. The van der Waals surface area contributed by atoms with E-state index in [2.05, 4.69) is 57.0 Å².